The maximum atomic E-state index is 6.15. The van der Waals surface area contributed by atoms with E-state index in [1.54, 1.807) is 6.07 Å². The first kappa shape index (κ1) is 14.2. The number of hydrogen-bond acceptors (Lipinski definition) is 0. The second-order valence-corrected chi connectivity index (χ2v) is 6.65. The Kier molecular flexibility index (Phi) is 4.97. The van der Waals surface area contributed by atoms with Gasteiger partial charge in [-0.25, -0.2) is 0 Å². The molecule has 0 radical (unpaired) electrons. The molecule has 1 aromatic rings. The third-order valence-electron chi connectivity index (χ3n) is 2.52. The van der Waals surface area contributed by atoms with E-state index in [1.165, 1.54) is 0 Å². The summed E-state index contributed by atoms with van der Waals surface area (Å²) in [4.78, 5) is 0. The molecular formula is C13H17Cl3. The van der Waals surface area contributed by atoms with E-state index < -0.39 is 0 Å². The summed E-state index contributed by atoms with van der Waals surface area (Å²) in [5, 5.41) is 1.60. The van der Waals surface area contributed by atoms with Crippen molar-refractivity contribution in [2.75, 3.05) is 0 Å². The third kappa shape index (κ3) is 4.53. The Hall–Kier alpha value is 0.0900. The molecule has 0 saturated heterocycles. The molecule has 0 aliphatic heterocycles. The molecule has 0 N–H and O–H groups in total. The highest BCUT2D eigenvalue weighted by Crippen LogP contribution is 2.32. The predicted molar refractivity (Wildman–Crippen MR) is 73.9 cm³/mol. The van der Waals surface area contributed by atoms with Crippen molar-refractivity contribution in [1.82, 2.24) is 0 Å². The average Bonchev–Trinajstić information content (AvgIpc) is 2.07. The molecule has 90 valence electrons. The molecule has 0 fully saturated rings. The minimum Gasteiger partial charge on any atom is -0.123 e. The van der Waals surface area contributed by atoms with E-state index >= 15 is 0 Å². The van der Waals surface area contributed by atoms with Crippen LogP contribution in [0.1, 0.15) is 32.8 Å². The average molecular weight is 280 g/mol. The van der Waals surface area contributed by atoms with Crippen molar-refractivity contribution in [2.24, 2.45) is 5.41 Å². The van der Waals surface area contributed by atoms with Crippen molar-refractivity contribution in [2.45, 2.75) is 39.0 Å². The van der Waals surface area contributed by atoms with Gasteiger partial charge in [-0.1, -0.05) is 43.1 Å². The number of hydrogen-bond donors (Lipinski definition) is 0. The predicted octanol–water partition coefficient (Wildman–Crippen LogP) is 5.58. The smallest absolute Gasteiger partial charge is 0.0453 e. The maximum absolute atomic E-state index is 6.15. The first-order chi connectivity index (χ1) is 7.30. The van der Waals surface area contributed by atoms with Crippen LogP contribution in [0.2, 0.25) is 10.0 Å². The van der Waals surface area contributed by atoms with Gasteiger partial charge >= 0.3 is 0 Å². The Labute approximate surface area is 113 Å². The van der Waals surface area contributed by atoms with Gasteiger partial charge < -0.3 is 0 Å². The van der Waals surface area contributed by atoms with Crippen LogP contribution in [-0.2, 0) is 6.42 Å². The fourth-order valence-corrected chi connectivity index (χ4v) is 2.91. The van der Waals surface area contributed by atoms with Crippen molar-refractivity contribution in [1.29, 1.82) is 0 Å². The highest BCUT2D eigenvalue weighted by molar-refractivity contribution is 6.35. The van der Waals surface area contributed by atoms with Gasteiger partial charge in [0.2, 0.25) is 0 Å². The molecular weight excluding hydrogens is 263 g/mol. The monoisotopic (exact) mass is 278 g/mol. The van der Waals surface area contributed by atoms with Gasteiger partial charge in [0.05, 0.1) is 0 Å². The lowest BCUT2D eigenvalue weighted by Gasteiger charge is -2.26. The van der Waals surface area contributed by atoms with E-state index in [0.29, 0.717) is 5.02 Å². The Morgan fingerprint density at radius 1 is 1.25 bits per heavy atom. The molecule has 0 spiro atoms. The van der Waals surface area contributed by atoms with Crippen molar-refractivity contribution in [3.63, 3.8) is 0 Å². The van der Waals surface area contributed by atoms with Gasteiger partial charge in [0, 0.05) is 15.4 Å². The first-order valence-corrected chi connectivity index (χ1v) is 6.57. The molecule has 0 nitrogen and oxygen atoms in total. The zero-order chi connectivity index (χ0) is 12.3. The standard InChI is InChI=1S/C13H17Cl3/c1-9(14)7-13(2,3)8-10-4-5-11(15)6-12(10)16/h4-6,9H,7-8H2,1-3H3. The zero-order valence-corrected chi connectivity index (χ0v) is 12.1. The third-order valence-corrected chi connectivity index (χ3v) is 3.26. The van der Waals surface area contributed by atoms with E-state index in [0.717, 1.165) is 23.4 Å². The summed E-state index contributed by atoms with van der Waals surface area (Å²) in [6, 6.07) is 5.66. The molecule has 1 aromatic carbocycles. The quantitative estimate of drug-likeness (QED) is 0.631. The van der Waals surface area contributed by atoms with E-state index in [9.17, 15) is 0 Å². The van der Waals surface area contributed by atoms with Crippen LogP contribution in [0, 0.1) is 5.41 Å². The first-order valence-electron chi connectivity index (χ1n) is 5.38. The van der Waals surface area contributed by atoms with Gasteiger partial charge in [0.25, 0.3) is 0 Å². The summed E-state index contributed by atoms with van der Waals surface area (Å²) in [5.41, 5.74) is 1.28. The van der Waals surface area contributed by atoms with Gasteiger partial charge in [-0.2, -0.15) is 0 Å². The van der Waals surface area contributed by atoms with E-state index in [2.05, 4.69) is 13.8 Å². The van der Waals surface area contributed by atoms with Crippen LogP contribution in [0.25, 0.3) is 0 Å². The summed E-state index contributed by atoms with van der Waals surface area (Å²) in [7, 11) is 0. The summed E-state index contributed by atoms with van der Waals surface area (Å²) in [6.45, 7) is 6.43. The zero-order valence-electron chi connectivity index (χ0n) is 9.86. The Bertz CT molecular complexity index is 356. The van der Waals surface area contributed by atoms with Crippen LogP contribution in [0.4, 0.5) is 0 Å². The van der Waals surface area contributed by atoms with Gasteiger partial charge in [0.15, 0.2) is 0 Å². The maximum Gasteiger partial charge on any atom is 0.0453 e. The molecule has 0 bridgehead atoms. The molecule has 1 rings (SSSR count). The molecule has 1 atom stereocenters. The minimum atomic E-state index is 0.151. The second-order valence-electron chi connectivity index (χ2n) is 5.06. The van der Waals surface area contributed by atoms with Gasteiger partial charge in [-0.15, -0.1) is 11.6 Å². The van der Waals surface area contributed by atoms with Crippen LogP contribution < -0.4 is 0 Å². The summed E-state index contributed by atoms with van der Waals surface area (Å²) >= 11 is 18.1. The lowest BCUT2D eigenvalue weighted by atomic mass is 9.82. The fourth-order valence-electron chi connectivity index (χ4n) is 2.01. The Balaban J connectivity index is 2.79. The molecule has 0 heterocycles. The highest BCUT2D eigenvalue weighted by atomic mass is 35.5. The molecule has 0 saturated carbocycles. The lowest BCUT2D eigenvalue weighted by Crippen LogP contribution is -2.19. The molecule has 3 heteroatoms. The van der Waals surface area contributed by atoms with Crippen LogP contribution in [-0.4, -0.2) is 5.38 Å². The topological polar surface area (TPSA) is 0 Å². The van der Waals surface area contributed by atoms with Crippen LogP contribution in [0.5, 0.6) is 0 Å². The number of benzene rings is 1. The summed E-state index contributed by atoms with van der Waals surface area (Å²) in [5.74, 6) is 0. The van der Waals surface area contributed by atoms with Crippen molar-refractivity contribution < 1.29 is 0 Å². The molecule has 0 aromatic heterocycles. The molecule has 0 amide bonds. The van der Waals surface area contributed by atoms with E-state index in [1.807, 2.05) is 19.1 Å². The van der Waals surface area contributed by atoms with E-state index in [-0.39, 0.29) is 10.8 Å². The molecule has 0 aliphatic rings. The fraction of sp³-hybridized carbons (Fsp3) is 0.538. The van der Waals surface area contributed by atoms with Crippen LogP contribution in [0.3, 0.4) is 0 Å². The minimum absolute atomic E-state index is 0.151. The highest BCUT2D eigenvalue weighted by Gasteiger charge is 2.21. The number of rotatable bonds is 4. The van der Waals surface area contributed by atoms with Crippen molar-refractivity contribution in [3.05, 3.63) is 33.8 Å². The van der Waals surface area contributed by atoms with Gasteiger partial charge in [0.1, 0.15) is 0 Å². The van der Waals surface area contributed by atoms with E-state index in [4.69, 9.17) is 34.8 Å². The number of halogens is 3. The largest absolute Gasteiger partial charge is 0.123 e. The van der Waals surface area contributed by atoms with Gasteiger partial charge in [-0.3, -0.25) is 0 Å². The molecule has 16 heavy (non-hydrogen) atoms. The van der Waals surface area contributed by atoms with Crippen LogP contribution >= 0.6 is 34.8 Å². The number of alkyl halides is 1. The van der Waals surface area contributed by atoms with Crippen molar-refractivity contribution >= 4 is 34.8 Å². The summed E-state index contributed by atoms with van der Waals surface area (Å²) in [6.07, 6.45) is 1.88. The lowest BCUT2D eigenvalue weighted by molar-refractivity contribution is 0.332. The van der Waals surface area contributed by atoms with Gasteiger partial charge in [-0.05, 0) is 42.9 Å². The Morgan fingerprint density at radius 3 is 2.38 bits per heavy atom. The summed E-state index contributed by atoms with van der Waals surface area (Å²) < 4.78 is 0. The molecule has 1 unspecified atom stereocenters. The Morgan fingerprint density at radius 2 is 1.88 bits per heavy atom. The second kappa shape index (κ2) is 5.62. The molecule has 0 aliphatic carbocycles. The van der Waals surface area contributed by atoms with Crippen molar-refractivity contribution in [3.8, 4) is 0 Å². The SMILES string of the molecule is CC(Cl)CC(C)(C)Cc1ccc(Cl)cc1Cl. The normalized spacial score (nSPS) is 13.9. The van der Waals surface area contributed by atoms with Crippen LogP contribution in [0.15, 0.2) is 18.2 Å².